The maximum Gasteiger partial charge on any atom is 0.271 e. The second kappa shape index (κ2) is 10.3. The third-order valence-corrected chi connectivity index (χ3v) is 5.84. The molecule has 3 aromatic rings. The van der Waals surface area contributed by atoms with E-state index in [0.717, 1.165) is 5.56 Å². The number of aromatic nitrogens is 3. The first-order valence-corrected chi connectivity index (χ1v) is 10.7. The quantitative estimate of drug-likeness (QED) is 0.205. The minimum absolute atomic E-state index is 0.0815. The molecule has 1 amide bonds. The highest BCUT2D eigenvalue weighted by molar-refractivity contribution is 8.00. The summed E-state index contributed by atoms with van der Waals surface area (Å²) in [4.78, 5) is 23.0. The van der Waals surface area contributed by atoms with E-state index in [1.54, 1.807) is 20.1 Å². The normalized spacial score (nSPS) is 11.6. The van der Waals surface area contributed by atoms with Gasteiger partial charge in [0.25, 0.3) is 5.69 Å². The van der Waals surface area contributed by atoms with E-state index in [4.69, 9.17) is 16.3 Å². The molecule has 1 unspecified atom stereocenters. The minimum Gasteiger partial charge on any atom is -0.496 e. The number of carbonyl (C=O) groups excluding carboxylic acids is 1. The Balaban J connectivity index is 1.81. The summed E-state index contributed by atoms with van der Waals surface area (Å²) < 4.78 is 7.28. The Hall–Kier alpha value is -3.37. The Morgan fingerprint density at radius 2 is 2.12 bits per heavy atom. The van der Waals surface area contributed by atoms with Crippen molar-refractivity contribution in [3.05, 3.63) is 70.3 Å². The molecule has 0 radical (unpaired) electrons. The summed E-state index contributed by atoms with van der Waals surface area (Å²) in [6.45, 7) is 5.95. The second-order valence-corrected chi connectivity index (χ2v) is 8.29. The largest absolute Gasteiger partial charge is 0.496 e. The molecule has 1 N–H and O–H groups in total. The van der Waals surface area contributed by atoms with E-state index in [1.165, 1.54) is 30.0 Å². The number of anilines is 1. The van der Waals surface area contributed by atoms with Crippen molar-refractivity contribution in [3.8, 4) is 17.1 Å². The lowest BCUT2D eigenvalue weighted by Crippen LogP contribution is -2.23. The van der Waals surface area contributed by atoms with E-state index in [-0.39, 0.29) is 22.3 Å². The number of non-ortho nitro benzene ring substituents is 1. The van der Waals surface area contributed by atoms with E-state index >= 15 is 0 Å². The number of halogens is 1. The molecule has 0 bridgehead atoms. The number of benzene rings is 2. The van der Waals surface area contributed by atoms with Crippen molar-refractivity contribution in [1.82, 2.24) is 14.8 Å². The number of nitro groups is 1. The SMILES string of the molecule is C=CCn1c(SC(C)C(=O)Nc2ccc([N+](=O)[O-])cc2Cl)nnc1-c1ccccc1OC. The lowest BCUT2D eigenvalue weighted by molar-refractivity contribution is -0.384. The molecule has 11 heteroatoms. The van der Waals surface area contributed by atoms with Gasteiger partial charge in [0.05, 0.1) is 33.6 Å². The highest BCUT2D eigenvalue weighted by Crippen LogP contribution is 2.33. The first kappa shape index (κ1) is 23.3. The number of rotatable bonds is 9. The van der Waals surface area contributed by atoms with E-state index in [2.05, 4.69) is 22.1 Å². The summed E-state index contributed by atoms with van der Waals surface area (Å²) in [5.74, 6) is 0.911. The molecule has 1 aromatic heterocycles. The van der Waals surface area contributed by atoms with Crippen LogP contribution in [0, 0.1) is 10.1 Å². The smallest absolute Gasteiger partial charge is 0.271 e. The van der Waals surface area contributed by atoms with Gasteiger partial charge in [-0.3, -0.25) is 19.5 Å². The fraction of sp³-hybridized carbons (Fsp3) is 0.190. The van der Waals surface area contributed by atoms with Crippen LogP contribution >= 0.6 is 23.4 Å². The van der Waals surface area contributed by atoms with Gasteiger partial charge in [0.1, 0.15) is 5.75 Å². The first-order valence-electron chi connectivity index (χ1n) is 9.44. The van der Waals surface area contributed by atoms with E-state index < -0.39 is 10.2 Å². The van der Waals surface area contributed by atoms with Gasteiger partial charge in [-0.2, -0.15) is 0 Å². The van der Waals surface area contributed by atoms with Crippen molar-refractivity contribution >= 4 is 40.6 Å². The van der Waals surface area contributed by atoms with Crippen LogP contribution in [0.15, 0.2) is 60.3 Å². The maximum atomic E-state index is 12.7. The lowest BCUT2D eigenvalue weighted by atomic mass is 10.2. The fourth-order valence-electron chi connectivity index (χ4n) is 2.86. The van der Waals surface area contributed by atoms with Crippen LogP contribution in [-0.2, 0) is 11.3 Å². The van der Waals surface area contributed by atoms with Gasteiger partial charge in [0.2, 0.25) is 5.91 Å². The summed E-state index contributed by atoms with van der Waals surface area (Å²) in [6, 6.07) is 11.3. The summed E-state index contributed by atoms with van der Waals surface area (Å²) in [5.41, 5.74) is 0.903. The van der Waals surface area contributed by atoms with Crippen LogP contribution in [0.1, 0.15) is 6.92 Å². The number of ether oxygens (including phenoxy) is 1. The topological polar surface area (TPSA) is 112 Å². The fourth-order valence-corrected chi connectivity index (χ4v) is 3.94. The van der Waals surface area contributed by atoms with Crippen LogP contribution in [0.5, 0.6) is 5.75 Å². The van der Waals surface area contributed by atoms with Crippen LogP contribution in [0.2, 0.25) is 5.02 Å². The van der Waals surface area contributed by atoms with Gasteiger partial charge in [0, 0.05) is 18.7 Å². The molecule has 0 saturated carbocycles. The highest BCUT2D eigenvalue weighted by Gasteiger charge is 2.22. The Bertz CT molecular complexity index is 1170. The van der Waals surface area contributed by atoms with Crippen LogP contribution in [-0.4, -0.2) is 38.0 Å². The van der Waals surface area contributed by atoms with Gasteiger partial charge in [-0.1, -0.05) is 41.6 Å². The molecule has 1 heterocycles. The number of methoxy groups -OCH3 is 1. The number of nitrogens with zero attached hydrogens (tertiary/aromatic N) is 4. The molecular weight excluding hydrogens is 454 g/mol. The highest BCUT2D eigenvalue weighted by atomic mass is 35.5. The summed E-state index contributed by atoms with van der Waals surface area (Å²) in [5, 5.41) is 22.2. The number of para-hydroxylation sites is 1. The van der Waals surface area contributed by atoms with Crippen molar-refractivity contribution in [2.75, 3.05) is 12.4 Å². The monoisotopic (exact) mass is 473 g/mol. The van der Waals surface area contributed by atoms with Crippen LogP contribution in [0.25, 0.3) is 11.4 Å². The van der Waals surface area contributed by atoms with E-state index in [9.17, 15) is 14.9 Å². The maximum absolute atomic E-state index is 12.7. The Labute approximate surface area is 193 Å². The molecule has 0 saturated heterocycles. The second-order valence-electron chi connectivity index (χ2n) is 6.58. The van der Waals surface area contributed by atoms with Crippen molar-refractivity contribution in [2.24, 2.45) is 0 Å². The molecule has 0 aliphatic carbocycles. The van der Waals surface area contributed by atoms with Crippen molar-refractivity contribution < 1.29 is 14.5 Å². The molecule has 32 heavy (non-hydrogen) atoms. The summed E-state index contributed by atoms with van der Waals surface area (Å²) in [7, 11) is 1.58. The van der Waals surface area contributed by atoms with E-state index in [0.29, 0.717) is 23.3 Å². The average molecular weight is 474 g/mol. The average Bonchev–Trinajstić information content (AvgIpc) is 3.17. The van der Waals surface area contributed by atoms with Crippen LogP contribution in [0.4, 0.5) is 11.4 Å². The zero-order valence-corrected chi connectivity index (χ0v) is 18.9. The predicted molar refractivity (Wildman–Crippen MR) is 124 cm³/mol. The molecule has 0 fully saturated rings. The number of thioether (sulfide) groups is 1. The lowest BCUT2D eigenvalue weighted by Gasteiger charge is -2.14. The summed E-state index contributed by atoms with van der Waals surface area (Å²) >= 11 is 7.29. The van der Waals surface area contributed by atoms with Gasteiger partial charge < -0.3 is 10.1 Å². The molecule has 0 aliphatic heterocycles. The molecule has 9 nitrogen and oxygen atoms in total. The van der Waals surface area contributed by atoms with Gasteiger partial charge in [-0.15, -0.1) is 16.8 Å². The van der Waals surface area contributed by atoms with Gasteiger partial charge >= 0.3 is 0 Å². The van der Waals surface area contributed by atoms with Crippen molar-refractivity contribution in [2.45, 2.75) is 23.9 Å². The van der Waals surface area contributed by atoms with Gasteiger partial charge in [-0.05, 0) is 25.1 Å². The van der Waals surface area contributed by atoms with Crippen LogP contribution < -0.4 is 10.1 Å². The predicted octanol–water partition coefficient (Wildman–Crippen LogP) is 4.82. The van der Waals surface area contributed by atoms with Crippen LogP contribution in [0.3, 0.4) is 0 Å². The number of amides is 1. The molecule has 0 spiro atoms. The minimum atomic E-state index is -0.556. The summed E-state index contributed by atoms with van der Waals surface area (Å²) in [6.07, 6.45) is 1.72. The number of hydrogen-bond donors (Lipinski definition) is 1. The van der Waals surface area contributed by atoms with Crippen molar-refractivity contribution in [1.29, 1.82) is 0 Å². The van der Waals surface area contributed by atoms with E-state index in [1.807, 2.05) is 28.8 Å². The molecule has 0 aliphatic rings. The molecule has 1 atom stereocenters. The number of nitrogens with one attached hydrogen (secondary N) is 1. The molecule has 2 aromatic carbocycles. The molecule has 166 valence electrons. The van der Waals surface area contributed by atoms with Crippen molar-refractivity contribution in [3.63, 3.8) is 0 Å². The third-order valence-electron chi connectivity index (χ3n) is 4.45. The molecular formula is C21H20ClN5O4S. The van der Waals surface area contributed by atoms with Gasteiger partial charge in [-0.25, -0.2) is 0 Å². The zero-order valence-electron chi connectivity index (χ0n) is 17.3. The zero-order chi connectivity index (χ0) is 23.3. The molecule has 3 rings (SSSR count). The number of hydrogen-bond acceptors (Lipinski definition) is 7. The Morgan fingerprint density at radius 1 is 1.38 bits per heavy atom. The standard InChI is InChI=1S/C21H20ClN5O4S/c1-4-11-26-19(15-7-5-6-8-18(15)31-3)24-25-21(26)32-13(2)20(28)23-17-10-9-14(27(29)30)12-16(17)22/h4-10,12-13H,1,11H2,2-3H3,(H,23,28). The third kappa shape index (κ3) is 5.09. The number of nitro benzene ring substituents is 1. The Morgan fingerprint density at radius 3 is 2.78 bits per heavy atom. The Kier molecular flexibility index (Phi) is 7.49. The van der Waals surface area contributed by atoms with Gasteiger partial charge in [0.15, 0.2) is 11.0 Å². The number of allylic oxidation sites excluding steroid dienone is 1. The number of carbonyl (C=O) groups is 1. The first-order chi connectivity index (χ1) is 15.3.